The summed E-state index contributed by atoms with van der Waals surface area (Å²) in [5.74, 6) is -2.23. The Bertz CT molecular complexity index is 2320. The van der Waals surface area contributed by atoms with E-state index < -0.39 is 61.4 Å². The predicted molar refractivity (Wildman–Crippen MR) is 212 cm³/mol. The molecule has 1 aliphatic rings. The second kappa shape index (κ2) is 18.0. The summed E-state index contributed by atoms with van der Waals surface area (Å²) in [6.45, 7) is 2.43. The third kappa shape index (κ3) is 9.87. The van der Waals surface area contributed by atoms with E-state index >= 15 is 0 Å². The Hall–Kier alpha value is -6.45. The minimum absolute atomic E-state index is 0.0534. The molecule has 0 aliphatic carbocycles. The Labute approximate surface area is 332 Å². The highest BCUT2D eigenvalue weighted by Gasteiger charge is 2.55. The summed E-state index contributed by atoms with van der Waals surface area (Å²) in [6.07, 6.45) is -0.783. The Morgan fingerprint density at radius 2 is 1.40 bits per heavy atom. The van der Waals surface area contributed by atoms with Gasteiger partial charge in [-0.3, -0.25) is 24.6 Å². The van der Waals surface area contributed by atoms with Crippen molar-refractivity contribution in [3.05, 3.63) is 183 Å². The van der Waals surface area contributed by atoms with Crippen molar-refractivity contribution >= 4 is 43.1 Å². The molecule has 0 saturated carbocycles. The largest absolute Gasteiger partial charge is 0.484 e. The van der Waals surface area contributed by atoms with Gasteiger partial charge >= 0.3 is 5.97 Å². The number of para-hydroxylation sites is 1. The number of hydrogen-bond donors (Lipinski definition) is 1. The van der Waals surface area contributed by atoms with Crippen LogP contribution < -0.4 is 10.1 Å². The molecule has 1 fully saturated rings. The van der Waals surface area contributed by atoms with Crippen molar-refractivity contribution in [1.29, 1.82) is 0 Å². The number of nitrogens with zero attached hydrogens (tertiary/aromatic N) is 2. The molecule has 0 radical (unpaired) electrons. The molecule has 6 rings (SSSR count). The molecule has 0 aromatic heterocycles. The molecule has 1 N–H and O–H groups in total. The Morgan fingerprint density at radius 1 is 0.842 bits per heavy atom. The lowest BCUT2D eigenvalue weighted by Crippen LogP contribution is -2.70. The number of nitrogens with one attached hydrogen (secondary N) is 1. The van der Waals surface area contributed by atoms with Crippen LogP contribution in [0.15, 0.2) is 156 Å². The first-order chi connectivity index (χ1) is 27.4. The third-order valence-corrected chi connectivity index (χ3v) is 12.5. The molecule has 2 unspecified atom stereocenters. The highest BCUT2D eigenvalue weighted by Crippen LogP contribution is 2.41. The fraction of sp³-hybridized carbons (Fsp3) is 0.167. The third-order valence-electron chi connectivity index (χ3n) is 8.79. The Kier molecular flexibility index (Phi) is 12.7. The number of benzene rings is 5. The number of ether oxygens (including phenoxy) is 3. The van der Waals surface area contributed by atoms with Gasteiger partial charge in [-0.2, -0.15) is 0 Å². The average Bonchev–Trinajstić information content (AvgIpc) is 3.23. The first kappa shape index (κ1) is 40.2. The van der Waals surface area contributed by atoms with Gasteiger partial charge in [-0.1, -0.05) is 96.6 Å². The van der Waals surface area contributed by atoms with E-state index in [-0.39, 0.29) is 22.9 Å². The van der Waals surface area contributed by atoms with Gasteiger partial charge in [0.1, 0.15) is 35.6 Å². The number of nitro benzene ring substituents is 1. The smallest absolute Gasteiger partial charge is 0.358 e. The summed E-state index contributed by atoms with van der Waals surface area (Å²) in [6, 6.07) is 36.9. The quantitative estimate of drug-likeness (QED) is 0.0211. The first-order valence-electron chi connectivity index (χ1n) is 17.6. The summed E-state index contributed by atoms with van der Waals surface area (Å²) in [5, 5.41) is 12.4. The second-order valence-corrected chi connectivity index (χ2v) is 16.8. The number of amides is 2. The number of non-ortho nitro benzene ring substituents is 1. The summed E-state index contributed by atoms with van der Waals surface area (Å²) in [5.41, 5.74) is 2.10. The number of likely N-dealkylation sites (tertiary alicyclic amines) is 1. The number of carbonyl (C=O) groups excluding carboxylic acids is 3. The molecule has 15 heteroatoms. The Balaban J connectivity index is 1.38. The van der Waals surface area contributed by atoms with Crippen LogP contribution in [0.5, 0.6) is 5.75 Å². The molecular formula is C42H37N3O10S2. The number of hydrogen-bond acceptors (Lipinski definition) is 11. The van der Waals surface area contributed by atoms with E-state index in [0.717, 1.165) is 10.5 Å². The maximum atomic E-state index is 14.2. The molecule has 13 nitrogen and oxygen atoms in total. The highest BCUT2D eigenvalue weighted by molar-refractivity contribution is 8.72. The van der Waals surface area contributed by atoms with Gasteiger partial charge in [0, 0.05) is 22.9 Å². The number of nitro groups is 1. The van der Waals surface area contributed by atoms with Gasteiger partial charge < -0.3 is 19.5 Å². The molecule has 1 saturated heterocycles. The van der Waals surface area contributed by atoms with Crippen molar-refractivity contribution in [3.63, 3.8) is 0 Å². The fourth-order valence-electron chi connectivity index (χ4n) is 5.86. The molecule has 2 amide bonds. The number of carbonyl (C=O) groups is 3. The van der Waals surface area contributed by atoms with Crippen LogP contribution in [-0.4, -0.2) is 54.0 Å². The number of β-lactam (4-membered cyclic amide) rings is 1. The monoisotopic (exact) mass is 807 g/mol. The lowest BCUT2D eigenvalue weighted by Gasteiger charge is -2.46. The second-order valence-electron chi connectivity index (χ2n) is 12.8. The van der Waals surface area contributed by atoms with Crippen molar-refractivity contribution in [2.45, 2.75) is 42.9 Å². The average molecular weight is 808 g/mol. The SMILES string of the molecule is C/C(OC(c1ccccc1)c1ccccc1)=C(/C(=O)OCc1ccc([N+](=O)[O-])cc1)N1C(=O)C(NC(=O)COc2ccccc2)C1SS(=O)(=O)c1ccc(C)cc1. The number of rotatable bonds is 16. The molecule has 57 heavy (non-hydrogen) atoms. The maximum Gasteiger partial charge on any atom is 0.358 e. The lowest BCUT2D eigenvalue weighted by atomic mass is 10.0. The van der Waals surface area contributed by atoms with Crippen molar-refractivity contribution in [2.24, 2.45) is 0 Å². The van der Waals surface area contributed by atoms with Gasteiger partial charge in [-0.15, -0.1) is 0 Å². The zero-order chi connectivity index (χ0) is 40.5. The number of esters is 1. The van der Waals surface area contributed by atoms with Gasteiger partial charge in [0.05, 0.1) is 9.82 Å². The van der Waals surface area contributed by atoms with Crippen LogP contribution in [0.2, 0.25) is 0 Å². The van der Waals surface area contributed by atoms with Gasteiger partial charge in [0.2, 0.25) is 8.87 Å². The summed E-state index contributed by atoms with van der Waals surface area (Å²) in [4.78, 5) is 53.2. The van der Waals surface area contributed by atoms with Gasteiger partial charge in [0.15, 0.2) is 12.3 Å². The molecule has 5 aromatic carbocycles. The van der Waals surface area contributed by atoms with Crippen molar-refractivity contribution in [3.8, 4) is 5.75 Å². The number of allylic oxidation sites excluding steroid dienone is 1. The van der Waals surface area contributed by atoms with Crippen molar-refractivity contribution in [2.75, 3.05) is 6.61 Å². The summed E-state index contributed by atoms with van der Waals surface area (Å²) < 4.78 is 45.6. The highest BCUT2D eigenvalue weighted by atomic mass is 33.1. The van der Waals surface area contributed by atoms with Crippen molar-refractivity contribution in [1.82, 2.24) is 10.2 Å². The van der Waals surface area contributed by atoms with Crippen LogP contribution >= 0.6 is 10.8 Å². The molecule has 0 bridgehead atoms. The van der Waals surface area contributed by atoms with E-state index in [0.29, 0.717) is 33.2 Å². The van der Waals surface area contributed by atoms with E-state index in [4.69, 9.17) is 14.2 Å². The van der Waals surface area contributed by atoms with Gasteiger partial charge in [-0.25, -0.2) is 13.2 Å². The van der Waals surface area contributed by atoms with Crippen molar-refractivity contribution < 1.29 is 41.9 Å². The van der Waals surface area contributed by atoms with Gasteiger partial charge in [-0.05, 0) is 66.9 Å². The minimum atomic E-state index is -4.21. The standard InChI is InChI=1S/C42H37N3O10S2/c1-28-18-24-35(25-19-28)57(51,52)56-41-37(43-36(46)27-53-34-16-10-5-11-17-34)40(47)44(41)38(42(48)54-26-30-20-22-33(23-21-30)45(49)50)29(2)55-39(31-12-6-3-7-13-31)32-14-8-4-9-15-32/h3-25,37,39,41H,26-27H2,1-2H3,(H,43,46)/b38-29+. The van der Waals surface area contributed by atoms with E-state index in [2.05, 4.69) is 5.32 Å². The van der Waals surface area contributed by atoms with Gasteiger partial charge in [0.25, 0.3) is 17.5 Å². The summed E-state index contributed by atoms with van der Waals surface area (Å²) >= 11 is 0. The van der Waals surface area contributed by atoms with E-state index in [9.17, 15) is 32.9 Å². The normalized spacial score (nSPS) is 15.6. The van der Waals surface area contributed by atoms with E-state index in [1.54, 1.807) is 49.4 Å². The topological polar surface area (TPSA) is 171 Å². The zero-order valence-electron chi connectivity index (χ0n) is 30.7. The fourth-order valence-corrected chi connectivity index (χ4v) is 9.33. The molecular weight excluding hydrogens is 771 g/mol. The first-order valence-corrected chi connectivity index (χ1v) is 20.5. The molecule has 0 spiro atoms. The van der Waals surface area contributed by atoms with Crippen LogP contribution in [-0.2, 0) is 39.3 Å². The van der Waals surface area contributed by atoms with Crippen LogP contribution in [0.3, 0.4) is 0 Å². The number of aryl methyl sites for hydroxylation is 1. The maximum absolute atomic E-state index is 14.2. The zero-order valence-corrected chi connectivity index (χ0v) is 32.4. The Morgan fingerprint density at radius 3 is 1.96 bits per heavy atom. The molecule has 5 aromatic rings. The van der Waals surface area contributed by atoms with Crippen LogP contribution in [0, 0.1) is 17.0 Å². The predicted octanol–water partition coefficient (Wildman–Crippen LogP) is 6.84. The van der Waals surface area contributed by atoms with Crippen LogP contribution in [0.1, 0.15) is 35.3 Å². The molecule has 2 atom stereocenters. The molecule has 1 aliphatic heterocycles. The molecule has 292 valence electrons. The summed E-state index contributed by atoms with van der Waals surface area (Å²) in [7, 11) is -3.83. The lowest BCUT2D eigenvalue weighted by molar-refractivity contribution is -0.384. The van der Waals surface area contributed by atoms with E-state index in [1.807, 2.05) is 60.7 Å². The molecule has 1 heterocycles. The van der Waals surface area contributed by atoms with E-state index in [1.165, 1.54) is 43.3 Å². The minimum Gasteiger partial charge on any atom is -0.484 e. The van der Waals surface area contributed by atoms with Crippen LogP contribution in [0.4, 0.5) is 5.69 Å². The van der Waals surface area contributed by atoms with Crippen LogP contribution in [0.25, 0.3) is 0 Å².